The number of nitrogens with zero attached hydrogens (tertiary/aromatic N) is 2. The summed E-state index contributed by atoms with van der Waals surface area (Å²) in [6, 6.07) is 6.69. The minimum atomic E-state index is -0.365. The lowest BCUT2D eigenvalue weighted by Gasteiger charge is -2.59. The summed E-state index contributed by atoms with van der Waals surface area (Å²) in [6.45, 7) is 9.55. The Morgan fingerprint density at radius 1 is 1.30 bits per heavy atom. The number of hydrogen-bond acceptors (Lipinski definition) is 6. The molecule has 0 unspecified atom stereocenters. The van der Waals surface area contributed by atoms with Crippen LogP contribution in [0.1, 0.15) is 43.4 Å². The number of nitrogens with one attached hydrogen (secondary N) is 1. The Morgan fingerprint density at radius 3 is 2.73 bits per heavy atom. The van der Waals surface area contributed by atoms with E-state index in [1.807, 2.05) is 26.5 Å². The van der Waals surface area contributed by atoms with Crippen molar-refractivity contribution in [3.8, 4) is 0 Å². The molecule has 1 aromatic rings. The number of rotatable bonds is 8. The Morgan fingerprint density at radius 2 is 2.03 bits per heavy atom. The first-order valence-corrected chi connectivity index (χ1v) is 12.7. The van der Waals surface area contributed by atoms with Gasteiger partial charge in [-0.2, -0.15) is 0 Å². The Hall–Kier alpha value is -1.38. The summed E-state index contributed by atoms with van der Waals surface area (Å²) < 4.78 is 5.13. The summed E-state index contributed by atoms with van der Waals surface area (Å²) in [6.07, 6.45) is 3.14. The van der Waals surface area contributed by atoms with E-state index in [1.165, 1.54) is 42.6 Å². The number of likely N-dealkylation sites (tertiary alicyclic amines) is 1. The maximum Gasteiger partial charge on any atom is 0.406 e. The van der Waals surface area contributed by atoms with Gasteiger partial charge in [0.15, 0.2) is 0 Å². The van der Waals surface area contributed by atoms with Gasteiger partial charge in [-0.1, -0.05) is 39.8 Å². The Kier molecular flexibility index (Phi) is 6.28. The quantitative estimate of drug-likeness (QED) is 0.483. The van der Waals surface area contributed by atoms with Crippen LogP contribution in [0.2, 0.25) is 0 Å². The van der Waals surface area contributed by atoms with Crippen LogP contribution in [0.3, 0.4) is 0 Å². The highest BCUT2D eigenvalue weighted by molar-refractivity contribution is 8.77. The van der Waals surface area contributed by atoms with E-state index in [4.69, 9.17) is 4.74 Å². The van der Waals surface area contributed by atoms with Crippen LogP contribution in [-0.4, -0.2) is 59.0 Å². The van der Waals surface area contributed by atoms with Crippen molar-refractivity contribution in [2.45, 2.75) is 56.3 Å². The van der Waals surface area contributed by atoms with Gasteiger partial charge in [0.1, 0.15) is 6.61 Å². The highest BCUT2D eigenvalue weighted by Crippen LogP contribution is 2.56. The van der Waals surface area contributed by atoms with E-state index < -0.39 is 0 Å². The molecule has 164 valence electrons. The van der Waals surface area contributed by atoms with Crippen molar-refractivity contribution in [3.63, 3.8) is 0 Å². The third kappa shape index (κ3) is 4.92. The molecular formula is C22H31N3O3S2. The molecule has 2 aliphatic heterocycles. The van der Waals surface area contributed by atoms with Crippen LogP contribution >= 0.6 is 21.6 Å². The molecule has 1 aromatic carbocycles. The van der Waals surface area contributed by atoms with Crippen molar-refractivity contribution in [1.29, 1.82) is 0 Å². The number of hydrogen-bond donors (Lipinski definition) is 1. The maximum absolute atomic E-state index is 11.3. The largest absolute Gasteiger partial charge is 0.448 e. The molecule has 1 N–H and O–H groups in total. The molecule has 30 heavy (non-hydrogen) atoms. The van der Waals surface area contributed by atoms with E-state index in [2.05, 4.69) is 42.3 Å². The van der Waals surface area contributed by atoms with Crippen molar-refractivity contribution in [2.24, 2.45) is 5.41 Å². The van der Waals surface area contributed by atoms with Crippen LogP contribution < -0.4 is 5.32 Å². The van der Waals surface area contributed by atoms with Gasteiger partial charge in [0, 0.05) is 45.0 Å². The lowest BCUT2D eigenvalue weighted by atomic mass is 9.63. The number of fused-ring (bicyclic) bond motifs is 1. The molecule has 0 bridgehead atoms. The van der Waals surface area contributed by atoms with Crippen LogP contribution in [0.15, 0.2) is 18.2 Å². The number of benzene rings is 1. The molecule has 1 aliphatic carbocycles. The molecule has 3 aliphatic rings. The number of alkyl carbamates (subject to hydrolysis) is 1. The second-order valence-corrected chi connectivity index (χ2v) is 12.8. The predicted molar refractivity (Wildman–Crippen MR) is 122 cm³/mol. The molecule has 1 saturated heterocycles. The highest BCUT2D eigenvalue weighted by atomic mass is 33.1. The number of ether oxygens (including phenoxy) is 1. The van der Waals surface area contributed by atoms with Crippen LogP contribution in [0, 0.1) is 5.41 Å². The molecule has 4 rings (SSSR count). The molecule has 0 radical (unpaired) electrons. The first-order valence-electron chi connectivity index (χ1n) is 10.5. The van der Waals surface area contributed by atoms with Gasteiger partial charge in [-0.3, -0.25) is 9.69 Å². The second-order valence-electron chi connectivity index (χ2n) is 9.55. The minimum Gasteiger partial charge on any atom is -0.448 e. The third-order valence-electron chi connectivity index (χ3n) is 6.18. The van der Waals surface area contributed by atoms with Crippen molar-refractivity contribution in [1.82, 2.24) is 15.1 Å². The van der Waals surface area contributed by atoms with Gasteiger partial charge in [0.25, 0.3) is 0 Å². The van der Waals surface area contributed by atoms with E-state index >= 15 is 0 Å². The fraction of sp³-hybridized carbons (Fsp3) is 0.636. The van der Waals surface area contributed by atoms with Crippen molar-refractivity contribution in [2.75, 3.05) is 26.7 Å². The van der Waals surface area contributed by atoms with Gasteiger partial charge in [-0.05, 0) is 48.8 Å². The molecule has 0 aromatic heterocycles. The molecule has 8 heteroatoms. The first kappa shape index (κ1) is 21.8. The topological polar surface area (TPSA) is 61.9 Å². The molecular weight excluding hydrogens is 418 g/mol. The van der Waals surface area contributed by atoms with Crippen molar-refractivity contribution < 1.29 is 14.3 Å². The molecule has 6 nitrogen and oxygen atoms in total. The molecule has 0 atom stereocenters. The number of amides is 2. The average Bonchev–Trinajstić information content (AvgIpc) is 3.08. The number of carbonyl (C=O) groups excluding carboxylic acids is 2. The summed E-state index contributed by atoms with van der Waals surface area (Å²) in [5.74, 6) is 0. The normalized spacial score (nSPS) is 20.4. The molecule has 2 amide bonds. The van der Waals surface area contributed by atoms with E-state index in [0.717, 1.165) is 26.0 Å². The maximum atomic E-state index is 11.3. The van der Waals surface area contributed by atoms with E-state index in [0.29, 0.717) is 17.3 Å². The molecule has 2 heterocycles. The fourth-order valence-electron chi connectivity index (χ4n) is 4.69. The number of carbonyl (C=O) groups is 2. The van der Waals surface area contributed by atoms with Crippen molar-refractivity contribution >= 4 is 34.1 Å². The van der Waals surface area contributed by atoms with E-state index in [-0.39, 0.29) is 10.8 Å². The lowest BCUT2D eigenvalue weighted by molar-refractivity contribution is -0.118. The predicted octanol–water partition coefficient (Wildman–Crippen LogP) is 3.64. The summed E-state index contributed by atoms with van der Waals surface area (Å²) in [7, 11) is 5.37. The van der Waals surface area contributed by atoms with Gasteiger partial charge in [-0.25, -0.2) is 4.79 Å². The van der Waals surface area contributed by atoms with Gasteiger partial charge in [0.2, 0.25) is 6.41 Å². The van der Waals surface area contributed by atoms with Gasteiger partial charge in [0.05, 0.1) is 4.75 Å². The average molecular weight is 450 g/mol. The second kappa shape index (κ2) is 8.63. The third-order valence-corrected chi connectivity index (χ3v) is 9.91. The van der Waals surface area contributed by atoms with E-state index in [9.17, 15) is 9.59 Å². The zero-order valence-corrected chi connectivity index (χ0v) is 19.6. The Balaban J connectivity index is 1.16. The summed E-state index contributed by atoms with van der Waals surface area (Å²) in [5.41, 5.74) is 4.46. The minimum absolute atomic E-state index is 0.0847. The first-order chi connectivity index (χ1) is 14.3. The lowest BCUT2D eigenvalue weighted by Crippen LogP contribution is -2.62. The summed E-state index contributed by atoms with van der Waals surface area (Å²) in [4.78, 5) is 26.6. The summed E-state index contributed by atoms with van der Waals surface area (Å²) >= 11 is 0. The zero-order valence-electron chi connectivity index (χ0n) is 18.0. The Bertz CT molecular complexity index is 803. The van der Waals surface area contributed by atoms with Crippen molar-refractivity contribution in [3.05, 3.63) is 34.9 Å². The standard InChI is InChI=1S/C22H31N3O3S2/c1-21(2,14-28-20(27)23-3)30-29-19-7-22(8-19)12-25(13-22)9-16-4-5-17-10-24(15-26)11-18(17)6-16/h4-6,15,19H,7-14H2,1-3H3,(H,23,27). The van der Waals surface area contributed by atoms with Gasteiger partial charge >= 0.3 is 6.09 Å². The SMILES string of the molecule is CNC(=O)OCC(C)(C)SSC1CC2(C1)CN(Cc1ccc3c(c1)CN(C=O)C3)C2. The molecule has 1 spiro atoms. The summed E-state index contributed by atoms with van der Waals surface area (Å²) in [5, 5.41) is 3.19. The van der Waals surface area contributed by atoms with Gasteiger partial charge in [-0.15, -0.1) is 0 Å². The Labute approximate surface area is 186 Å². The monoisotopic (exact) mass is 449 g/mol. The highest BCUT2D eigenvalue weighted by Gasteiger charge is 2.52. The van der Waals surface area contributed by atoms with Crippen LogP contribution in [-0.2, 0) is 29.2 Å². The van der Waals surface area contributed by atoms with Crippen LogP contribution in [0.4, 0.5) is 4.79 Å². The van der Waals surface area contributed by atoms with E-state index in [1.54, 1.807) is 7.05 Å². The van der Waals surface area contributed by atoms with Crippen LogP contribution in [0.5, 0.6) is 0 Å². The smallest absolute Gasteiger partial charge is 0.406 e. The van der Waals surface area contributed by atoms with Gasteiger partial charge < -0.3 is 15.0 Å². The molecule has 2 fully saturated rings. The molecule has 1 saturated carbocycles. The van der Waals surface area contributed by atoms with Crippen LogP contribution in [0.25, 0.3) is 0 Å². The fourth-order valence-corrected chi connectivity index (χ4v) is 7.77. The zero-order chi connectivity index (χ0) is 21.4.